The fraction of sp³-hybridized carbons (Fsp3) is 0.400. The van der Waals surface area contributed by atoms with Gasteiger partial charge in [-0.1, -0.05) is 12.1 Å². The quantitative estimate of drug-likeness (QED) is 0.698. The molecule has 90 valence electrons. The summed E-state index contributed by atoms with van der Waals surface area (Å²) < 4.78 is 37.0. The van der Waals surface area contributed by atoms with Gasteiger partial charge in [-0.05, 0) is 12.1 Å². The zero-order valence-electron chi connectivity index (χ0n) is 8.46. The third kappa shape index (κ3) is 3.30. The van der Waals surface area contributed by atoms with Crippen molar-refractivity contribution < 1.29 is 18.3 Å². The Labute approximate surface area is 91.1 Å². The fourth-order valence-corrected chi connectivity index (χ4v) is 1.19. The first-order valence-corrected chi connectivity index (χ1v) is 4.73. The Morgan fingerprint density at radius 2 is 1.94 bits per heavy atom. The van der Waals surface area contributed by atoms with Crippen molar-refractivity contribution in [3.63, 3.8) is 0 Å². The van der Waals surface area contributed by atoms with Crippen LogP contribution in [0.2, 0.25) is 0 Å². The lowest BCUT2D eigenvalue weighted by molar-refractivity contribution is -0.167. The molecule has 0 saturated heterocycles. The van der Waals surface area contributed by atoms with Crippen molar-refractivity contribution in [1.29, 1.82) is 0 Å². The summed E-state index contributed by atoms with van der Waals surface area (Å²) in [5, 5.41) is 11.8. The van der Waals surface area contributed by atoms with Gasteiger partial charge in [0.25, 0.3) is 0 Å². The van der Waals surface area contributed by atoms with Gasteiger partial charge in [-0.2, -0.15) is 13.2 Å². The minimum Gasteiger partial charge on any atom is -0.506 e. The molecule has 6 heteroatoms. The summed E-state index contributed by atoms with van der Waals surface area (Å²) in [6, 6.07) is 6.10. The number of hydrogen-bond acceptors (Lipinski definition) is 3. The van der Waals surface area contributed by atoms with Crippen molar-refractivity contribution in [2.45, 2.75) is 6.18 Å². The maximum Gasteiger partial charge on any atom is 0.394 e. The van der Waals surface area contributed by atoms with E-state index < -0.39 is 18.6 Å². The van der Waals surface area contributed by atoms with Crippen LogP contribution in [0.25, 0.3) is 0 Å². The first-order chi connectivity index (χ1) is 7.45. The number of nitrogens with two attached hydrogens (primary N) is 1. The highest BCUT2D eigenvalue weighted by Crippen LogP contribution is 2.27. The molecule has 0 bridgehead atoms. The minimum atomic E-state index is -4.33. The van der Waals surface area contributed by atoms with E-state index in [2.05, 4.69) is 5.32 Å². The molecule has 0 aliphatic rings. The molecule has 0 aliphatic carbocycles. The van der Waals surface area contributed by atoms with Crippen LogP contribution < -0.4 is 11.1 Å². The molecular weight excluding hydrogens is 221 g/mol. The average molecular weight is 234 g/mol. The largest absolute Gasteiger partial charge is 0.506 e. The van der Waals surface area contributed by atoms with Gasteiger partial charge in [0.1, 0.15) is 5.75 Å². The zero-order chi connectivity index (χ0) is 12.2. The van der Waals surface area contributed by atoms with E-state index in [-0.39, 0.29) is 18.0 Å². The Bertz CT molecular complexity index is 341. The van der Waals surface area contributed by atoms with Crippen LogP contribution in [0.1, 0.15) is 0 Å². The van der Waals surface area contributed by atoms with E-state index in [0.717, 1.165) is 0 Å². The number of phenolic OH excluding ortho intramolecular Hbond substituents is 1. The molecule has 16 heavy (non-hydrogen) atoms. The van der Waals surface area contributed by atoms with Crippen LogP contribution in [0.4, 0.5) is 18.9 Å². The number of nitrogens with one attached hydrogen (secondary N) is 1. The highest BCUT2D eigenvalue weighted by Gasteiger charge is 2.38. The molecule has 3 nitrogen and oxygen atoms in total. The fourth-order valence-electron chi connectivity index (χ4n) is 1.19. The van der Waals surface area contributed by atoms with Crippen LogP contribution in [0.15, 0.2) is 24.3 Å². The van der Waals surface area contributed by atoms with E-state index in [4.69, 9.17) is 5.73 Å². The summed E-state index contributed by atoms with van der Waals surface area (Å²) in [5.74, 6) is -1.70. The monoisotopic (exact) mass is 234 g/mol. The normalized spacial score (nSPS) is 13.5. The van der Waals surface area contributed by atoms with Gasteiger partial charge in [-0.25, -0.2) is 0 Å². The maximum atomic E-state index is 12.3. The average Bonchev–Trinajstić information content (AvgIpc) is 2.19. The molecule has 0 heterocycles. The van der Waals surface area contributed by atoms with Crippen LogP contribution in [0, 0.1) is 5.92 Å². The summed E-state index contributed by atoms with van der Waals surface area (Å²) >= 11 is 0. The Balaban J connectivity index is 2.60. The second-order valence-corrected chi connectivity index (χ2v) is 3.37. The second kappa shape index (κ2) is 5.07. The first-order valence-electron chi connectivity index (χ1n) is 4.73. The van der Waals surface area contributed by atoms with Gasteiger partial charge in [0.05, 0.1) is 11.6 Å². The van der Waals surface area contributed by atoms with Crippen LogP contribution in [-0.4, -0.2) is 24.4 Å². The van der Waals surface area contributed by atoms with Crippen molar-refractivity contribution in [3.05, 3.63) is 24.3 Å². The van der Waals surface area contributed by atoms with Crippen LogP contribution in [-0.2, 0) is 0 Å². The van der Waals surface area contributed by atoms with E-state index in [1.54, 1.807) is 12.1 Å². The lowest BCUT2D eigenvalue weighted by Crippen LogP contribution is -2.35. The molecule has 1 unspecified atom stereocenters. The summed E-state index contributed by atoms with van der Waals surface area (Å²) in [5.41, 5.74) is 5.31. The number of aromatic hydroxyl groups is 1. The summed E-state index contributed by atoms with van der Waals surface area (Å²) in [6.45, 7) is -0.832. The number of anilines is 1. The highest BCUT2D eigenvalue weighted by molar-refractivity contribution is 5.55. The van der Waals surface area contributed by atoms with E-state index >= 15 is 0 Å². The molecule has 0 fully saturated rings. The second-order valence-electron chi connectivity index (χ2n) is 3.37. The predicted molar refractivity (Wildman–Crippen MR) is 55.2 cm³/mol. The van der Waals surface area contributed by atoms with Gasteiger partial charge >= 0.3 is 6.18 Å². The van der Waals surface area contributed by atoms with Gasteiger partial charge in [0.2, 0.25) is 0 Å². The standard InChI is InChI=1S/C10H13F3N2O/c11-10(12,13)7(5-14)6-15-8-3-1-2-4-9(8)16/h1-4,7,15-16H,5-6,14H2. The first kappa shape index (κ1) is 12.6. The predicted octanol–water partition coefficient (Wildman–Crippen LogP) is 1.94. The van der Waals surface area contributed by atoms with Crippen LogP contribution in [0.5, 0.6) is 5.75 Å². The van der Waals surface area contributed by atoms with E-state index in [1.807, 2.05) is 0 Å². The number of para-hydroxylation sites is 2. The van der Waals surface area contributed by atoms with E-state index in [1.165, 1.54) is 12.1 Å². The number of alkyl halides is 3. The number of rotatable bonds is 4. The third-order valence-corrected chi connectivity index (χ3v) is 2.19. The van der Waals surface area contributed by atoms with Crippen molar-refractivity contribution in [2.75, 3.05) is 18.4 Å². The Morgan fingerprint density at radius 1 is 1.31 bits per heavy atom. The zero-order valence-corrected chi connectivity index (χ0v) is 8.46. The van der Waals surface area contributed by atoms with E-state index in [0.29, 0.717) is 0 Å². The molecule has 1 aromatic rings. The molecular formula is C10H13F3N2O. The van der Waals surface area contributed by atoms with E-state index in [9.17, 15) is 18.3 Å². The van der Waals surface area contributed by atoms with Gasteiger partial charge < -0.3 is 16.2 Å². The van der Waals surface area contributed by atoms with Crippen molar-refractivity contribution in [3.8, 4) is 5.75 Å². The summed E-state index contributed by atoms with van der Waals surface area (Å²) in [7, 11) is 0. The lowest BCUT2D eigenvalue weighted by Gasteiger charge is -2.19. The van der Waals surface area contributed by atoms with Gasteiger partial charge in [0.15, 0.2) is 0 Å². The highest BCUT2D eigenvalue weighted by atomic mass is 19.4. The Kier molecular flexibility index (Phi) is 4.00. The molecule has 1 aromatic carbocycles. The topological polar surface area (TPSA) is 58.3 Å². The van der Waals surface area contributed by atoms with Crippen LogP contribution in [0.3, 0.4) is 0 Å². The number of benzene rings is 1. The lowest BCUT2D eigenvalue weighted by atomic mass is 10.1. The van der Waals surface area contributed by atoms with Gasteiger partial charge in [-0.3, -0.25) is 0 Å². The van der Waals surface area contributed by atoms with Crippen molar-refractivity contribution in [1.82, 2.24) is 0 Å². The third-order valence-electron chi connectivity index (χ3n) is 2.19. The molecule has 0 aromatic heterocycles. The van der Waals surface area contributed by atoms with Crippen molar-refractivity contribution in [2.24, 2.45) is 11.7 Å². The molecule has 1 rings (SSSR count). The number of hydrogen-bond donors (Lipinski definition) is 3. The van der Waals surface area contributed by atoms with Crippen LogP contribution >= 0.6 is 0 Å². The maximum absolute atomic E-state index is 12.3. The molecule has 4 N–H and O–H groups in total. The number of phenols is 1. The molecule has 0 aliphatic heterocycles. The minimum absolute atomic E-state index is 0.0829. The SMILES string of the molecule is NCC(CNc1ccccc1O)C(F)(F)F. The van der Waals surface area contributed by atoms with Gasteiger partial charge in [-0.15, -0.1) is 0 Å². The Morgan fingerprint density at radius 3 is 2.44 bits per heavy atom. The van der Waals surface area contributed by atoms with Gasteiger partial charge in [0, 0.05) is 13.1 Å². The molecule has 1 atom stereocenters. The molecule has 0 spiro atoms. The number of halogens is 3. The molecule has 0 saturated carbocycles. The smallest absolute Gasteiger partial charge is 0.394 e. The summed E-state index contributed by atoms with van der Waals surface area (Å²) in [6.07, 6.45) is -4.33. The molecule has 0 amide bonds. The molecule has 0 radical (unpaired) electrons. The van der Waals surface area contributed by atoms with Crippen molar-refractivity contribution >= 4 is 5.69 Å². The summed E-state index contributed by atoms with van der Waals surface area (Å²) in [4.78, 5) is 0. The Hall–Kier alpha value is -1.43.